The molecule has 10 N–H and O–H groups in total. The number of nitrogens with one attached hydrogen (secondary N) is 4. The van der Waals surface area contributed by atoms with Crippen LogP contribution in [0.15, 0.2) is 84.4 Å². The second-order valence-electron chi connectivity index (χ2n) is 33.6. The number of phenols is 1. The minimum Gasteiger partial charge on any atom is -0.508 e. The van der Waals surface area contributed by atoms with Gasteiger partial charge in [0, 0.05) is 121 Å². The van der Waals surface area contributed by atoms with Crippen LogP contribution in [0.4, 0.5) is 5.82 Å². The Labute approximate surface area is 727 Å². The molecule has 124 heavy (non-hydrogen) atoms. The molecule has 1 aliphatic carbocycles. The van der Waals surface area contributed by atoms with Crippen LogP contribution in [-0.4, -0.2) is 274 Å². The first-order chi connectivity index (χ1) is 59.7. The number of rotatable bonds is 38. The van der Waals surface area contributed by atoms with Crippen LogP contribution < -0.4 is 21.7 Å². The Kier molecular flexibility index (Phi) is 40.3. The molecule has 4 aliphatic rings. The second-order valence-corrected chi connectivity index (χ2v) is 33.6. The van der Waals surface area contributed by atoms with Gasteiger partial charge in [0.1, 0.15) is 47.9 Å². The summed E-state index contributed by atoms with van der Waals surface area (Å²) < 4.78 is 62.6. The number of allylic oxidation sites excluding steroid dienone is 5. The molecular weight excluding hydrogens is 1600 g/mol. The molecule has 0 spiro atoms. The molecule has 2 saturated heterocycles. The van der Waals surface area contributed by atoms with Crippen LogP contribution in [0.3, 0.4) is 0 Å². The number of H-pyrrole nitrogens is 1. The predicted octanol–water partition coefficient (Wildman–Crippen LogP) is 8.04. The van der Waals surface area contributed by atoms with Crippen LogP contribution in [-0.2, 0) is 93.9 Å². The van der Waals surface area contributed by atoms with Gasteiger partial charge in [-0.25, -0.2) is 24.1 Å². The molecule has 34 heteroatoms. The summed E-state index contributed by atoms with van der Waals surface area (Å²) in [4.78, 5) is 109. The summed E-state index contributed by atoms with van der Waals surface area (Å²) in [5.74, 6) is -7.66. The van der Waals surface area contributed by atoms with Crippen molar-refractivity contribution in [3.63, 3.8) is 0 Å². The fourth-order valence-electron chi connectivity index (χ4n) is 16.9. The van der Waals surface area contributed by atoms with Gasteiger partial charge in [-0.1, -0.05) is 76.3 Å². The van der Waals surface area contributed by atoms with Gasteiger partial charge in [-0.3, -0.25) is 28.8 Å². The lowest BCUT2D eigenvalue weighted by Crippen LogP contribution is -2.61. The number of aromatic amines is 1. The van der Waals surface area contributed by atoms with Crippen molar-refractivity contribution < 1.29 is 101 Å². The van der Waals surface area contributed by atoms with E-state index in [1.54, 1.807) is 71.1 Å². The summed E-state index contributed by atoms with van der Waals surface area (Å²) in [7, 11) is 4.80. The van der Waals surface area contributed by atoms with Gasteiger partial charge in [0.25, 0.3) is 11.7 Å². The molecule has 5 aromatic rings. The maximum atomic E-state index is 14.9. The standard InChI is InChI=1S/C90H135N13O21/c1-57-19-12-11-13-20-58(2)73(115-8)53-68-27-24-63(7)90(114,124-68)85(111)88(112)101-35-16-14-22-72(101)89(113)123-75(54-74(116-9)59(3)48-62(6)83(109)84(110)82(108)61(5)47-57)60(4)49-64-25-29-71(76(50-64)117-10)103-55-66(98-100-103)21-18-23-77(105)93-33-39-121-44-46-122-45-42-119-38-31-79(107)94-34-40-120-43-41-118-37-30-78(106)92-32-15-17-36-102-87-80(86(91)95-56-96-87)81(99-102)70-52-65-51-67(104)26-28-69(65)97-70/h11-13,19-20,26,28,48,51-52,55-57,59-61,63-64,68,71-76,83-84,97,104,109-110,114H,14-18,21-25,27,29-47,49-50,53-54H2,1-10H3,(H,92,106)(H,93,105)(H,94,107)(H2,91,95,96)/b13-11?,19-12+,58-20?,62-48+/t57-,59-,60-,61-,63-,64+,68+,71+,72+,73+,74-,75+,76-,83-,84+,90-/m1/s1. The zero-order chi connectivity index (χ0) is 89.2. The van der Waals surface area contributed by atoms with Crippen molar-refractivity contribution in [2.75, 3.05) is 119 Å². The van der Waals surface area contributed by atoms with Crippen molar-refractivity contribution in [2.24, 2.45) is 35.5 Å². The van der Waals surface area contributed by atoms with Gasteiger partial charge in [0.2, 0.25) is 23.5 Å². The molecule has 3 fully saturated rings. The van der Waals surface area contributed by atoms with E-state index in [1.807, 2.05) is 75.0 Å². The van der Waals surface area contributed by atoms with Gasteiger partial charge in [-0.15, -0.1) is 5.10 Å². The summed E-state index contributed by atoms with van der Waals surface area (Å²) in [5, 5.41) is 68.8. The molecule has 0 unspecified atom stereocenters. The number of fused-ring (bicyclic) bond motifs is 5. The van der Waals surface area contributed by atoms with E-state index >= 15 is 0 Å². The van der Waals surface area contributed by atoms with Crippen LogP contribution >= 0.6 is 0 Å². The van der Waals surface area contributed by atoms with Gasteiger partial charge in [0.15, 0.2) is 11.4 Å². The topological polar surface area (TPSA) is 448 Å². The third-order valence-corrected chi connectivity index (χ3v) is 24.2. The third kappa shape index (κ3) is 29.4. The number of nitrogen functional groups attached to an aromatic ring is 1. The van der Waals surface area contributed by atoms with E-state index in [4.69, 9.17) is 58.2 Å². The summed E-state index contributed by atoms with van der Waals surface area (Å²) >= 11 is 0. The largest absolute Gasteiger partial charge is 0.508 e. The van der Waals surface area contributed by atoms with E-state index in [-0.39, 0.29) is 105 Å². The SMILES string of the molecule is CO[C@H]1C[C@@H]2CC[C@@H](C)[C@@](O)(O2)C(=O)C(=O)N2CCCC[C@H]2C(=O)O[C@H]([C@H](C)C[C@@H]2CC[C@H](n3cc(CCCC(=O)NCCOCCOCCOCCC(=O)NCCOCCOCCC(=O)NCCCCn4nc(-c5cc6cc(O)ccc6[nH]5)c5c(N)ncnc54)nn3)[C@H](OC)C2)C[C@@H](OC)[C@H](C)/C=C(\C)[C@@H](O)[C@@H](O)C(=O)[C@H](C)C[C@H](C)/C=C/C=CC=C1C. The zero-order valence-corrected chi connectivity index (χ0v) is 74.0. The van der Waals surface area contributed by atoms with Crippen molar-refractivity contribution in [1.29, 1.82) is 0 Å². The minimum absolute atomic E-state index is 0.0443. The number of aliphatic hydroxyl groups excluding tert-OH is 2. The molecule has 34 nitrogen and oxygen atoms in total. The number of cyclic esters (lactones) is 1. The number of ketones is 2. The van der Waals surface area contributed by atoms with Gasteiger partial charge < -0.3 is 99.4 Å². The van der Waals surface area contributed by atoms with Gasteiger partial charge in [0.05, 0.1) is 113 Å². The van der Waals surface area contributed by atoms with Crippen LogP contribution in [0.2, 0.25) is 0 Å². The molecule has 16 atom stereocenters. The smallest absolute Gasteiger partial charge is 0.329 e. The quantitative estimate of drug-likeness (QED) is 0.00781. The average molecular weight is 1740 g/mol. The van der Waals surface area contributed by atoms with E-state index in [1.165, 1.54) is 11.2 Å². The van der Waals surface area contributed by atoms with E-state index in [0.717, 1.165) is 40.7 Å². The van der Waals surface area contributed by atoms with Gasteiger partial charge in [-0.05, 0) is 157 Å². The number of carbonyl (C=O) groups is 7. The minimum atomic E-state index is -2.46. The number of nitrogens with two attached hydrogens (primary N) is 1. The number of methoxy groups -OCH3 is 3. The van der Waals surface area contributed by atoms with Gasteiger partial charge >= 0.3 is 5.97 Å². The fourth-order valence-corrected chi connectivity index (χ4v) is 16.9. The van der Waals surface area contributed by atoms with Gasteiger partial charge in [-0.2, -0.15) is 5.10 Å². The van der Waals surface area contributed by atoms with Crippen LogP contribution in [0, 0.1) is 35.5 Å². The average Bonchev–Trinajstić information content (AvgIpc) is 1.47. The highest BCUT2D eigenvalue weighted by molar-refractivity contribution is 6.39. The van der Waals surface area contributed by atoms with E-state index in [2.05, 4.69) is 41.2 Å². The number of hydrogen-bond acceptors (Lipinski definition) is 27. The number of benzene rings is 1. The molecule has 1 saturated carbocycles. The summed E-state index contributed by atoms with van der Waals surface area (Å²) in [5.41, 5.74) is 11.0. The van der Waals surface area contributed by atoms with Crippen molar-refractivity contribution in [2.45, 2.75) is 238 Å². The Hall–Kier alpha value is -8.78. The van der Waals surface area contributed by atoms with Crippen molar-refractivity contribution in [1.82, 2.24) is 60.6 Å². The fraction of sp³-hybridized carbons (Fsp3) is 0.667. The monoisotopic (exact) mass is 1730 g/mol. The number of Topliss-reactive ketones (excluding diaryl/α,β-unsaturated/α-hetero) is 2. The van der Waals surface area contributed by atoms with Crippen molar-refractivity contribution >= 4 is 68.9 Å². The zero-order valence-electron chi connectivity index (χ0n) is 74.0. The van der Waals surface area contributed by atoms with E-state index < -0.39 is 89.6 Å². The van der Waals surface area contributed by atoms with Crippen LogP contribution in [0.25, 0.3) is 33.3 Å². The number of hydrogen-bond donors (Lipinski definition) is 9. The lowest BCUT2D eigenvalue weighted by molar-refractivity contribution is -0.265. The maximum absolute atomic E-state index is 14.9. The molecule has 2 bridgehead atoms. The first kappa shape index (κ1) is 99.0. The third-order valence-electron chi connectivity index (χ3n) is 24.2. The highest BCUT2D eigenvalue weighted by Gasteiger charge is 2.53. The second kappa shape index (κ2) is 50.5. The number of aryl methyl sites for hydroxylation is 2. The molecule has 9 rings (SSSR count). The van der Waals surface area contributed by atoms with Crippen LogP contribution in [0.5, 0.6) is 5.75 Å². The molecular formula is C90H135N13O21. The van der Waals surface area contributed by atoms with Crippen molar-refractivity contribution in [3.05, 3.63) is 90.1 Å². The lowest BCUT2D eigenvalue weighted by atomic mass is 9.77. The number of phenolic OH excluding ortho intramolecular Hbond substituents is 1. The summed E-state index contributed by atoms with van der Waals surface area (Å²) in [6, 6.07) is 5.71. The number of carbonyl (C=O) groups excluding carboxylic acids is 7. The number of aromatic hydroxyl groups is 1. The Morgan fingerprint density at radius 1 is 0.718 bits per heavy atom. The maximum Gasteiger partial charge on any atom is 0.329 e. The summed E-state index contributed by atoms with van der Waals surface area (Å²) in [6.45, 7) is 17.6. The number of aliphatic hydroxyl groups is 3. The number of nitrogens with zero attached hydrogens (tertiary/aromatic N) is 8. The highest BCUT2D eigenvalue weighted by atomic mass is 16.6. The summed E-state index contributed by atoms with van der Waals surface area (Å²) in [6.07, 6.45) is 17.7. The normalized spacial score (nSPS) is 26.7. The number of aromatic nitrogens is 8. The number of esters is 1. The highest BCUT2D eigenvalue weighted by Crippen LogP contribution is 2.41. The lowest BCUT2D eigenvalue weighted by Gasteiger charge is -2.43. The predicted molar refractivity (Wildman–Crippen MR) is 462 cm³/mol. The number of amides is 4. The molecule has 7 heterocycles. The Bertz CT molecular complexity index is 4350. The van der Waals surface area contributed by atoms with E-state index in [9.17, 15) is 54.0 Å². The number of piperidine rings is 1. The molecule has 4 aromatic heterocycles. The number of anilines is 1. The Morgan fingerprint density at radius 2 is 1.40 bits per heavy atom. The molecule has 686 valence electrons. The number of unbranched alkanes of at least 4 members (excludes halogenated alkanes) is 1. The molecule has 0 radical (unpaired) electrons. The number of ether oxygens (including phenoxy) is 10. The molecule has 3 aliphatic heterocycles. The first-order valence-electron chi connectivity index (χ1n) is 44.2. The molecule has 1 aromatic carbocycles. The Balaban J connectivity index is 0.627. The Morgan fingerprint density at radius 3 is 2.09 bits per heavy atom. The van der Waals surface area contributed by atoms with E-state index in [0.29, 0.717) is 184 Å². The van der Waals surface area contributed by atoms with Crippen molar-refractivity contribution in [3.8, 4) is 17.1 Å². The molecule has 4 amide bonds. The van der Waals surface area contributed by atoms with Crippen LogP contribution in [0.1, 0.15) is 176 Å². The first-order valence-corrected chi connectivity index (χ1v) is 44.2.